The molecule has 0 spiro atoms. The van der Waals surface area contributed by atoms with Gasteiger partial charge in [0.05, 0.1) is 0 Å². The van der Waals surface area contributed by atoms with Crippen LogP contribution in [0.1, 0.15) is 30.3 Å². The lowest BCUT2D eigenvalue weighted by Gasteiger charge is -2.36. The Morgan fingerprint density at radius 3 is 2.32 bits per heavy atom. The van der Waals surface area contributed by atoms with Gasteiger partial charge in [-0.3, -0.25) is 4.79 Å². The highest BCUT2D eigenvalue weighted by Crippen LogP contribution is 2.22. The summed E-state index contributed by atoms with van der Waals surface area (Å²) in [5, 5.41) is 0. The van der Waals surface area contributed by atoms with Crippen molar-refractivity contribution in [3.63, 3.8) is 0 Å². The lowest BCUT2D eigenvalue weighted by Crippen LogP contribution is -2.49. The SMILES string of the molecule is CC1CCN(c2cc(C(=O)N3CCN(c4ccc(F)cc4)CC3)ncn2)CC1. The summed E-state index contributed by atoms with van der Waals surface area (Å²) < 4.78 is 13.1. The van der Waals surface area contributed by atoms with Crippen molar-refractivity contribution in [2.45, 2.75) is 19.8 Å². The van der Waals surface area contributed by atoms with Gasteiger partial charge in [0.2, 0.25) is 0 Å². The third kappa shape index (κ3) is 4.08. The molecular weight excluding hydrogens is 357 g/mol. The molecule has 28 heavy (non-hydrogen) atoms. The van der Waals surface area contributed by atoms with Crippen LogP contribution in [-0.4, -0.2) is 60.0 Å². The van der Waals surface area contributed by atoms with Crippen LogP contribution >= 0.6 is 0 Å². The number of anilines is 2. The van der Waals surface area contributed by atoms with E-state index in [4.69, 9.17) is 0 Å². The number of aromatic nitrogens is 2. The molecule has 0 unspecified atom stereocenters. The highest BCUT2D eigenvalue weighted by atomic mass is 19.1. The second-order valence-corrected chi connectivity index (χ2v) is 7.69. The van der Waals surface area contributed by atoms with Crippen LogP contribution in [0.25, 0.3) is 0 Å². The molecule has 2 saturated heterocycles. The molecule has 0 saturated carbocycles. The second-order valence-electron chi connectivity index (χ2n) is 7.69. The van der Waals surface area contributed by atoms with Gasteiger partial charge in [-0.25, -0.2) is 14.4 Å². The number of piperidine rings is 1. The van der Waals surface area contributed by atoms with Crippen LogP contribution in [-0.2, 0) is 0 Å². The Morgan fingerprint density at radius 1 is 0.964 bits per heavy atom. The average Bonchev–Trinajstić information content (AvgIpc) is 2.74. The average molecular weight is 383 g/mol. The standard InChI is InChI=1S/C21H26FN5O/c1-16-6-8-26(9-7-16)20-14-19(23-15-24-20)21(28)27-12-10-25(11-13-27)18-4-2-17(22)3-5-18/h2-5,14-16H,6-13H2,1H3. The molecule has 0 atom stereocenters. The number of rotatable bonds is 3. The van der Waals surface area contributed by atoms with Gasteiger partial charge in [0.1, 0.15) is 23.7 Å². The van der Waals surface area contributed by atoms with Gasteiger partial charge < -0.3 is 14.7 Å². The van der Waals surface area contributed by atoms with Gasteiger partial charge in [-0.2, -0.15) is 0 Å². The van der Waals surface area contributed by atoms with Gasteiger partial charge in [0, 0.05) is 51.0 Å². The second kappa shape index (κ2) is 8.12. The molecule has 3 heterocycles. The van der Waals surface area contributed by atoms with Crippen molar-refractivity contribution in [2.75, 3.05) is 49.1 Å². The molecule has 148 valence electrons. The molecule has 0 radical (unpaired) electrons. The van der Waals surface area contributed by atoms with Crippen molar-refractivity contribution < 1.29 is 9.18 Å². The highest BCUT2D eigenvalue weighted by Gasteiger charge is 2.24. The number of carbonyl (C=O) groups is 1. The number of benzene rings is 1. The van der Waals surface area contributed by atoms with Gasteiger partial charge in [0.15, 0.2) is 0 Å². The fourth-order valence-corrected chi connectivity index (χ4v) is 3.86. The van der Waals surface area contributed by atoms with E-state index in [2.05, 4.69) is 26.7 Å². The van der Waals surface area contributed by atoms with E-state index in [1.165, 1.54) is 18.5 Å². The summed E-state index contributed by atoms with van der Waals surface area (Å²) in [7, 11) is 0. The summed E-state index contributed by atoms with van der Waals surface area (Å²) >= 11 is 0. The zero-order valence-corrected chi connectivity index (χ0v) is 16.2. The predicted octanol–water partition coefficient (Wildman–Crippen LogP) is 2.81. The smallest absolute Gasteiger partial charge is 0.272 e. The van der Waals surface area contributed by atoms with E-state index in [9.17, 15) is 9.18 Å². The lowest BCUT2D eigenvalue weighted by atomic mass is 9.99. The fourth-order valence-electron chi connectivity index (χ4n) is 3.86. The van der Waals surface area contributed by atoms with Crippen LogP contribution in [0.15, 0.2) is 36.7 Å². The van der Waals surface area contributed by atoms with E-state index in [0.29, 0.717) is 18.8 Å². The summed E-state index contributed by atoms with van der Waals surface area (Å²) in [6, 6.07) is 8.32. The molecule has 0 aliphatic carbocycles. The summed E-state index contributed by atoms with van der Waals surface area (Å²) in [4.78, 5) is 27.8. The van der Waals surface area contributed by atoms with Gasteiger partial charge >= 0.3 is 0 Å². The van der Waals surface area contributed by atoms with Crippen LogP contribution in [0.4, 0.5) is 15.9 Å². The van der Waals surface area contributed by atoms with Crippen LogP contribution in [0.3, 0.4) is 0 Å². The van der Waals surface area contributed by atoms with Crippen molar-refractivity contribution in [1.29, 1.82) is 0 Å². The summed E-state index contributed by atoms with van der Waals surface area (Å²) in [6.07, 6.45) is 3.80. The van der Waals surface area contributed by atoms with Crippen LogP contribution in [0.5, 0.6) is 0 Å². The van der Waals surface area contributed by atoms with Crippen LogP contribution in [0, 0.1) is 11.7 Å². The van der Waals surface area contributed by atoms with Crippen LogP contribution < -0.4 is 9.80 Å². The molecule has 1 aromatic heterocycles. The zero-order valence-electron chi connectivity index (χ0n) is 16.2. The molecule has 1 aromatic carbocycles. The molecule has 0 N–H and O–H groups in total. The number of hydrogen-bond acceptors (Lipinski definition) is 5. The Kier molecular flexibility index (Phi) is 5.41. The molecule has 0 bridgehead atoms. The van der Waals surface area contributed by atoms with E-state index in [0.717, 1.165) is 56.4 Å². The predicted molar refractivity (Wildman–Crippen MR) is 107 cm³/mol. The monoisotopic (exact) mass is 383 g/mol. The minimum Gasteiger partial charge on any atom is -0.368 e. The Hall–Kier alpha value is -2.70. The first-order chi connectivity index (χ1) is 13.6. The molecule has 2 aromatic rings. The van der Waals surface area contributed by atoms with E-state index in [1.54, 1.807) is 12.1 Å². The van der Waals surface area contributed by atoms with Gasteiger partial charge in [-0.05, 0) is 43.0 Å². The Balaban J connectivity index is 1.38. The maximum Gasteiger partial charge on any atom is 0.272 e. The molecule has 2 aliphatic rings. The molecule has 7 heteroatoms. The zero-order chi connectivity index (χ0) is 19.5. The van der Waals surface area contributed by atoms with Gasteiger partial charge in [-0.1, -0.05) is 6.92 Å². The quantitative estimate of drug-likeness (QED) is 0.816. The molecule has 1 amide bonds. The normalized spacial score (nSPS) is 18.4. The first-order valence-electron chi connectivity index (χ1n) is 9.97. The Labute approximate surface area is 165 Å². The first-order valence-corrected chi connectivity index (χ1v) is 9.97. The minimum absolute atomic E-state index is 0.0483. The van der Waals surface area contributed by atoms with E-state index < -0.39 is 0 Å². The summed E-state index contributed by atoms with van der Waals surface area (Å²) in [5.41, 5.74) is 1.44. The number of nitrogens with zero attached hydrogens (tertiary/aromatic N) is 5. The topological polar surface area (TPSA) is 52.6 Å². The van der Waals surface area contributed by atoms with Crippen molar-refractivity contribution in [3.8, 4) is 0 Å². The molecule has 6 nitrogen and oxygen atoms in total. The maximum atomic E-state index is 13.1. The van der Waals surface area contributed by atoms with Crippen molar-refractivity contribution in [1.82, 2.24) is 14.9 Å². The number of halogens is 1. The lowest BCUT2D eigenvalue weighted by molar-refractivity contribution is 0.0740. The number of piperazine rings is 1. The van der Waals surface area contributed by atoms with Crippen molar-refractivity contribution >= 4 is 17.4 Å². The fraction of sp³-hybridized carbons (Fsp3) is 0.476. The van der Waals surface area contributed by atoms with Crippen molar-refractivity contribution in [3.05, 3.63) is 48.2 Å². The first kappa shape index (κ1) is 18.7. The maximum absolute atomic E-state index is 13.1. The van der Waals surface area contributed by atoms with E-state index in [-0.39, 0.29) is 11.7 Å². The van der Waals surface area contributed by atoms with Crippen LogP contribution in [0.2, 0.25) is 0 Å². The number of amides is 1. The number of hydrogen-bond donors (Lipinski definition) is 0. The molecule has 4 rings (SSSR count). The molecule has 2 fully saturated rings. The molecular formula is C21H26FN5O. The van der Waals surface area contributed by atoms with Gasteiger partial charge in [0.25, 0.3) is 5.91 Å². The van der Waals surface area contributed by atoms with Gasteiger partial charge in [-0.15, -0.1) is 0 Å². The third-order valence-electron chi connectivity index (χ3n) is 5.74. The largest absolute Gasteiger partial charge is 0.368 e. The Bertz CT molecular complexity index is 812. The summed E-state index contributed by atoms with van der Waals surface area (Å²) in [5.74, 6) is 1.31. The Morgan fingerprint density at radius 2 is 1.64 bits per heavy atom. The van der Waals surface area contributed by atoms with E-state index >= 15 is 0 Å². The summed E-state index contributed by atoms with van der Waals surface area (Å²) in [6.45, 7) is 6.91. The highest BCUT2D eigenvalue weighted by molar-refractivity contribution is 5.93. The third-order valence-corrected chi connectivity index (χ3v) is 5.74. The minimum atomic E-state index is -0.236. The van der Waals surface area contributed by atoms with Crippen molar-refractivity contribution in [2.24, 2.45) is 5.92 Å². The number of carbonyl (C=O) groups excluding carboxylic acids is 1. The van der Waals surface area contributed by atoms with E-state index in [1.807, 2.05) is 11.0 Å². The molecule has 2 aliphatic heterocycles.